The first-order valence-corrected chi connectivity index (χ1v) is 9.52. The highest BCUT2D eigenvalue weighted by Crippen LogP contribution is 2.38. The number of hydrogen-bond acceptors (Lipinski definition) is 4. The lowest BCUT2D eigenvalue weighted by Gasteiger charge is -2.48. The summed E-state index contributed by atoms with van der Waals surface area (Å²) in [5, 5.41) is 10.1. The van der Waals surface area contributed by atoms with Crippen LogP contribution in [0.4, 0.5) is 5.69 Å². The third kappa shape index (κ3) is 2.96. The maximum Gasteiger partial charge on any atom is 0.228 e. The van der Waals surface area contributed by atoms with Crippen LogP contribution in [0.15, 0.2) is 24.3 Å². The second kappa shape index (κ2) is 6.91. The predicted octanol–water partition coefficient (Wildman–Crippen LogP) is 1.95. The van der Waals surface area contributed by atoms with Crippen molar-refractivity contribution < 1.29 is 19.4 Å². The molecule has 2 unspecified atom stereocenters. The van der Waals surface area contributed by atoms with E-state index in [4.69, 9.17) is 4.74 Å². The smallest absolute Gasteiger partial charge is 0.228 e. The van der Waals surface area contributed by atoms with Gasteiger partial charge >= 0.3 is 0 Å². The quantitative estimate of drug-likeness (QED) is 0.897. The van der Waals surface area contributed by atoms with E-state index in [0.29, 0.717) is 25.1 Å². The first-order chi connectivity index (χ1) is 12.6. The lowest BCUT2D eigenvalue weighted by atomic mass is 9.82. The summed E-state index contributed by atoms with van der Waals surface area (Å²) in [6.45, 7) is 0.399. The zero-order valence-electron chi connectivity index (χ0n) is 15.1. The standard InChI is InChI=1S/C20H26N2O4/c1-26-18-8-3-2-7-17(18)21-12-13(9-19(21)24)20(25)22-14-5-4-6-15(22)11-16(23)10-14/h2-3,7-8,13-16,23H,4-6,9-12H2,1H3/t13?,14-,15+,16?. The van der Waals surface area contributed by atoms with Gasteiger partial charge in [-0.15, -0.1) is 0 Å². The van der Waals surface area contributed by atoms with E-state index in [2.05, 4.69) is 0 Å². The summed E-state index contributed by atoms with van der Waals surface area (Å²) in [6, 6.07) is 7.67. The Labute approximate surface area is 153 Å². The molecule has 0 radical (unpaired) electrons. The molecule has 1 aromatic rings. The SMILES string of the molecule is COc1ccccc1N1CC(C(=O)N2[C@@H]3CCC[C@H]2CC(O)C3)CC1=O. The normalized spacial score (nSPS) is 31.2. The van der Waals surface area contributed by atoms with Crippen molar-refractivity contribution in [2.45, 2.75) is 56.7 Å². The molecule has 4 atom stereocenters. The van der Waals surface area contributed by atoms with Crippen molar-refractivity contribution in [2.24, 2.45) is 5.92 Å². The number of ether oxygens (including phenoxy) is 1. The number of hydrogen-bond donors (Lipinski definition) is 1. The minimum Gasteiger partial charge on any atom is -0.495 e. The van der Waals surface area contributed by atoms with Crippen LogP contribution in [0.1, 0.15) is 38.5 Å². The Kier molecular flexibility index (Phi) is 4.61. The van der Waals surface area contributed by atoms with Gasteiger partial charge in [0.25, 0.3) is 0 Å². The van der Waals surface area contributed by atoms with Crippen molar-refractivity contribution in [3.05, 3.63) is 24.3 Å². The fourth-order valence-corrected chi connectivity index (χ4v) is 4.88. The molecule has 3 heterocycles. The highest BCUT2D eigenvalue weighted by molar-refractivity contribution is 6.01. The third-order valence-electron chi connectivity index (χ3n) is 6.05. The zero-order valence-corrected chi connectivity index (χ0v) is 15.1. The number of carbonyl (C=O) groups excluding carboxylic acids is 2. The van der Waals surface area contributed by atoms with Gasteiger partial charge in [0.2, 0.25) is 11.8 Å². The van der Waals surface area contributed by atoms with Gasteiger partial charge in [-0.05, 0) is 44.2 Å². The van der Waals surface area contributed by atoms with Gasteiger partial charge in [-0.2, -0.15) is 0 Å². The van der Waals surface area contributed by atoms with Crippen LogP contribution in [0.3, 0.4) is 0 Å². The number of para-hydroxylation sites is 2. The molecule has 3 saturated heterocycles. The van der Waals surface area contributed by atoms with Gasteiger partial charge in [0.15, 0.2) is 0 Å². The van der Waals surface area contributed by atoms with Gasteiger partial charge in [0, 0.05) is 25.0 Å². The van der Waals surface area contributed by atoms with Crippen LogP contribution in [0, 0.1) is 5.92 Å². The number of aliphatic hydroxyl groups excluding tert-OH is 1. The Balaban J connectivity index is 1.52. The lowest BCUT2D eigenvalue weighted by Crippen LogP contribution is -2.57. The van der Waals surface area contributed by atoms with Crippen LogP contribution in [0.25, 0.3) is 0 Å². The van der Waals surface area contributed by atoms with Gasteiger partial charge in [-0.1, -0.05) is 12.1 Å². The number of piperidine rings is 2. The molecule has 6 nitrogen and oxygen atoms in total. The summed E-state index contributed by atoms with van der Waals surface area (Å²) >= 11 is 0. The molecule has 1 aromatic carbocycles. The van der Waals surface area contributed by atoms with Crippen LogP contribution in [-0.4, -0.2) is 53.7 Å². The molecule has 6 heteroatoms. The van der Waals surface area contributed by atoms with E-state index in [1.165, 1.54) is 0 Å². The molecule has 3 fully saturated rings. The molecule has 0 saturated carbocycles. The minimum absolute atomic E-state index is 0.0324. The average Bonchev–Trinajstić information content (AvgIpc) is 3.02. The Morgan fingerprint density at radius 3 is 2.58 bits per heavy atom. The van der Waals surface area contributed by atoms with Crippen molar-refractivity contribution in [3.8, 4) is 5.75 Å². The third-order valence-corrected chi connectivity index (χ3v) is 6.05. The molecule has 0 aliphatic carbocycles. The Bertz CT molecular complexity index is 693. The second-order valence-electron chi connectivity index (χ2n) is 7.69. The summed E-state index contributed by atoms with van der Waals surface area (Å²) in [7, 11) is 1.59. The molecule has 26 heavy (non-hydrogen) atoms. The van der Waals surface area contributed by atoms with Crippen LogP contribution < -0.4 is 9.64 Å². The largest absolute Gasteiger partial charge is 0.495 e. The summed E-state index contributed by atoms with van der Waals surface area (Å²) in [4.78, 5) is 29.5. The first kappa shape index (κ1) is 17.3. The maximum atomic E-state index is 13.2. The maximum absolute atomic E-state index is 13.2. The summed E-state index contributed by atoms with van der Waals surface area (Å²) in [6.07, 6.45) is 4.30. The number of anilines is 1. The number of fused-ring (bicyclic) bond motifs is 2. The Hall–Kier alpha value is -2.08. The van der Waals surface area contributed by atoms with E-state index >= 15 is 0 Å². The molecule has 2 bridgehead atoms. The van der Waals surface area contributed by atoms with Gasteiger partial charge < -0.3 is 19.6 Å². The summed E-state index contributed by atoms with van der Waals surface area (Å²) in [5.41, 5.74) is 0.726. The van der Waals surface area contributed by atoms with Crippen molar-refractivity contribution in [1.82, 2.24) is 4.90 Å². The fourth-order valence-electron chi connectivity index (χ4n) is 4.88. The molecular weight excluding hydrogens is 332 g/mol. The monoisotopic (exact) mass is 358 g/mol. The van der Waals surface area contributed by atoms with Crippen molar-refractivity contribution in [3.63, 3.8) is 0 Å². The molecule has 2 amide bonds. The minimum atomic E-state index is -0.314. The van der Waals surface area contributed by atoms with E-state index in [-0.39, 0.29) is 42.3 Å². The fraction of sp³-hybridized carbons (Fsp3) is 0.600. The molecule has 3 aliphatic rings. The van der Waals surface area contributed by atoms with Crippen LogP contribution in [-0.2, 0) is 9.59 Å². The molecule has 140 valence electrons. The molecule has 4 rings (SSSR count). The topological polar surface area (TPSA) is 70.1 Å². The van der Waals surface area contributed by atoms with Gasteiger partial charge in [0.1, 0.15) is 5.75 Å². The number of nitrogens with zero attached hydrogens (tertiary/aromatic N) is 2. The highest BCUT2D eigenvalue weighted by atomic mass is 16.5. The summed E-state index contributed by atoms with van der Waals surface area (Å²) < 4.78 is 5.37. The van der Waals surface area contributed by atoms with Gasteiger partial charge in [-0.3, -0.25) is 9.59 Å². The number of aliphatic hydroxyl groups is 1. The van der Waals surface area contributed by atoms with Crippen LogP contribution in [0.2, 0.25) is 0 Å². The average molecular weight is 358 g/mol. The highest BCUT2D eigenvalue weighted by Gasteiger charge is 2.45. The number of methoxy groups -OCH3 is 1. The van der Waals surface area contributed by atoms with E-state index < -0.39 is 0 Å². The van der Waals surface area contributed by atoms with E-state index in [0.717, 1.165) is 24.9 Å². The van der Waals surface area contributed by atoms with Crippen molar-refractivity contribution >= 4 is 17.5 Å². The van der Waals surface area contributed by atoms with Crippen molar-refractivity contribution in [2.75, 3.05) is 18.6 Å². The molecule has 0 aromatic heterocycles. The van der Waals surface area contributed by atoms with Crippen LogP contribution in [0.5, 0.6) is 5.75 Å². The van der Waals surface area contributed by atoms with E-state index in [1.54, 1.807) is 12.0 Å². The predicted molar refractivity (Wildman–Crippen MR) is 97.0 cm³/mol. The van der Waals surface area contributed by atoms with E-state index in [9.17, 15) is 14.7 Å². The number of rotatable bonds is 3. The van der Waals surface area contributed by atoms with Crippen molar-refractivity contribution in [1.29, 1.82) is 0 Å². The number of amides is 2. The Morgan fingerprint density at radius 1 is 1.19 bits per heavy atom. The molecule has 0 spiro atoms. The number of benzene rings is 1. The van der Waals surface area contributed by atoms with Crippen LogP contribution >= 0.6 is 0 Å². The molecule has 1 N–H and O–H groups in total. The molecule has 3 aliphatic heterocycles. The Morgan fingerprint density at radius 2 is 1.88 bits per heavy atom. The van der Waals surface area contributed by atoms with Gasteiger partial charge in [-0.25, -0.2) is 0 Å². The first-order valence-electron chi connectivity index (χ1n) is 9.52. The second-order valence-corrected chi connectivity index (χ2v) is 7.69. The summed E-state index contributed by atoms with van der Waals surface area (Å²) in [5.74, 6) is 0.380. The lowest BCUT2D eigenvalue weighted by molar-refractivity contribution is -0.148. The van der Waals surface area contributed by atoms with Gasteiger partial charge in [0.05, 0.1) is 24.8 Å². The molecular formula is C20H26N2O4. The van der Waals surface area contributed by atoms with E-state index in [1.807, 2.05) is 29.2 Å². The zero-order chi connectivity index (χ0) is 18.3. The number of carbonyl (C=O) groups is 2.